The lowest BCUT2D eigenvalue weighted by Crippen LogP contribution is -2.49. The lowest BCUT2D eigenvalue weighted by molar-refractivity contribution is 0.181. The monoisotopic (exact) mass is 270 g/mol. The van der Waals surface area contributed by atoms with Gasteiger partial charge in [0.25, 0.3) is 0 Å². The third-order valence-electron chi connectivity index (χ3n) is 4.74. The molecule has 1 aliphatic heterocycles. The second-order valence-corrected chi connectivity index (χ2v) is 8.24. The van der Waals surface area contributed by atoms with Gasteiger partial charge in [0.1, 0.15) is 0 Å². The highest BCUT2D eigenvalue weighted by atomic mass is 32.2. The minimum atomic E-state index is 0.454. The zero-order valence-corrected chi connectivity index (χ0v) is 13.2. The predicted octanol–water partition coefficient (Wildman–Crippen LogP) is 3.12. The Hall–Kier alpha value is 0.270. The maximum absolute atomic E-state index is 3.65. The molecule has 2 fully saturated rings. The van der Waals surface area contributed by atoms with Crippen molar-refractivity contribution in [1.82, 2.24) is 10.2 Å². The Morgan fingerprint density at radius 1 is 1.11 bits per heavy atom. The SMILES string of the molecule is CNC1(CCN2CC(C)SC(C)C2)CCCCC1. The van der Waals surface area contributed by atoms with E-state index in [0.717, 1.165) is 10.5 Å². The number of nitrogens with one attached hydrogen (secondary N) is 1. The van der Waals surface area contributed by atoms with Crippen LogP contribution in [0.3, 0.4) is 0 Å². The molecule has 1 saturated heterocycles. The Balaban J connectivity index is 1.82. The number of hydrogen-bond acceptors (Lipinski definition) is 3. The molecule has 1 heterocycles. The van der Waals surface area contributed by atoms with Crippen LogP contribution < -0.4 is 5.32 Å². The van der Waals surface area contributed by atoms with Crippen molar-refractivity contribution in [1.29, 1.82) is 0 Å². The molecule has 0 aromatic heterocycles. The summed E-state index contributed by atoms with van der Waals surface area (Å²) in [6, 6.07) is 0. The fraction of sp³-hybridized carbons (Fsp3) is 1.00. The van der Waals surface area contributed by atoms with Crippen molar-refractivity contribution < 1.29 is 0 Å². The van der Waals surface area contributed by atoms with Crippen LogP contribution in [0.25, 0.3) is 0 Å². The summed E-state index contributed by atoms with van der Waals surface area (Å²) in [4.78, 5) is 2.69. The highest BCUT2D eigenvalue weighted by molar-refractivity contribution is 8.00. The van der Waals surface area contributed by atoms with E-state index < -0.39 is 0 Å². The van der Waals surface area contributed by atoms with E-state index in [1.165, 1.54) is 58.2 Å². The molecule has 2 unspecified atom stereocenters. The van der Waals surface area contributed by atoms with Crippen LogP contribution in [0.15, 0.2) is 0 Å². The highest BCUT2D eigenvalue weighted by Crippen LogP contribution is 2.32. The van der Waals surface area contributed by atoms with Crippen LogP contribution in [-0.4, -0.2) is 47.6 Å². The molecule has 2 rings (SSSR count). The first-order valence-electron chi connectivity index (χ1n) is 7.70. The Bertz CT molecular complexity index is 241. The molecule has 3 heteroatoms. The van der Waals surface area contributed by atoms with Crippen LogP contribution in [-0.2, 0) is 0 Å². The maximum atomic E-state index is 3.65. The van der Waals surface area contributed by atoms with Crippen LogP contribution >= 0.6 is 11.8 Å². The van der Waals surface area contributed by atoms with Gasteiger partial charge in [0.05, 0.1) is 0 Å². The molecule has 0 amide bonds. The van der Waals surface area contributed by atoms with Crippen molar-refractivity contribution in [2.75, 3.05) is 26.7 Å². The lowest BCUT2D eigenvalue weighted by atomic mass is 9.79. The van der Waals surface area contributed by atoms with Crippen molar-refractivity contribution >= 4 is 11.8 Å². The van der Waals surface area contributed by atoms with Crippen molar-refractivity contribution in [3.05, 3.63) is 0 Å². The van der Waals surface area contributed by atoms with Crippen molar-refractivity contribution in [2.24, 2.45) is 0 Å². The summed E-state index contributed by atoms with van der Waals surface area (Å²) in [7, 11) is 2.17. The molecule has 1 aliphatic carbocycles. The fourth-order valence-corrected chi connectivity index (χ4v) is 5.08. The molecule has 0 aromatic rings. The highest BCUT2D eigenvalue weighted by Gasteiger charge is 2.31. The van der Waals surface area contributed by atoms with Gasteiger partial charge in [0, 0.05) is 29.1 Å². The summed E-state index contributed by atoms with van der Waals surface area (Å²) in [5.41, 5.74) is 0.454. The van der Waals surface area contributed by atoms with Gasteiger partial charge in [-0.3, -0.25) is 0 Å². The molecule has 0 bridgehead atoms. The first-order chi connectivity index (χ1) is 8.63. The molecule has 18 heavy (non-hydrogen) atoms. The number of rotatable bonds is 4. The molecule has 1 N–H and O–H groups in total. The third kappa shape index (κ3) is 3.88. The van der Waals surface area contributed by atoms with Gasteiger partial charge in [-0.25, -0.2) is 0 Å². The van der Waals surface area contributed by atoms with E-state index in [-0.39, 0.29) is 0 Å². The summed E-state index contributed by atoms with van der Waals surface area (Å²) < 4.78 is 0. The number of hydrogen-bond donors (Lipinski definition) is 1. The van der Waals surface area contributed by atoms with Gasteiger partial charge >= 0.3 is 0 Å². The Kier molecular flexibility index (Phi) is 5.40. The van der Waals surface area contributed by atoms with Crippen molar-refractivity contribution in [3.63, 3.8) is 0 Å². The predicted molar refractivity (Wildman–Crippen MR) is 82.4 cm³/mol. The summed E-state index contributed by atoms with van der Waals surface area (Å²) in [5, 5.41) is 5.27. The van der Waals surface area contributed by atoms with Gasteiger partial charge in [-0.05, 0) is 32.9 Å². The smallest absolute Gasteiger partial charge is 0.0190 e. The second-order valence-electron chi connectivity index (χ2n) is 6.36. The van der Waals surface area contributed by atoms with Crippen LogP contribution in [0.4, 0.5) is 0 Å². The summed E-state index contributed by atoms with van der Waals surface area (Å²) in [6.07, 6.45) is 8.40. The molecule has 0 aromatic carbocycles. The van der Waals surface area contributed by atoms with Crippen LogP contribution in [0.5, 0.6) is 0 Å². The molecule has 2 atom stereocenters. The van der Waals surface area contributed by atoms with E-state index in [0.29, 0.717) is 5.54 Å². The van der Waals surface area contributed by atoms with E-state index in [1.807, 2.05) is 0 Å². The van der Waals surface area contributed by atoms with E-state index in [9.17, 15) is 0 Å². The quantitative estimate of drug-likeness (QED) is 0.845. The minimum absolute atomic E-state index is 0.454. The average Bonchev–Trinajstić information content (AvgIpc) is 2.36. The molecular formula is C15H30N2S. The van der Waals surface area contributed by atoms with E-state index in [1.54, 1.807) is 0 Å². The number of thioether (sulfide) groups is 1. The Morgan fingerprint density at radius 2 is 1.72 bits per heavy atom. The minimum Gasteiger partial charge on any atom is -0.314 e. The van der Waals surface area contributed by atoms with E-state index >= 15 is 0 Å². The molecule has 2 aliphatic rings. The lowest BCUT2D eigenvalue weighted by Gasteiger charge is -2.41. The molecular weight excluding hydrogens is 240 g/mol. The van der Waals surface area contributed by atoms with Crippen molar-refractivity contribution in [2.45, 2.75) is 68.4 Å². The van der Waals surface area contributed by atoms with Crippen LogP contribution in [0, 0.1) is 0 Å². The first-order valence-corrected chi connectivity index (χ1v) is 8.64. The standard InChI is InChI=1S/C15H30N2S/c1-13-11-17(12-14(2)18-13)10-9-15(16-3)7-5-4-6-8-15/h13-14,16H,4-12H2,1-3H3. The molecule has 106 valence electrons. The normalized spacial score (nSPS) is 33.5. The summed E-state index contributed by atoms with van der Waals surface area (Å²) >= 11 is 2.15. The number of nitrogens with zero attached hydrogens (tertiary/aromatic N) is 1. The van der Waals surface area contributed by atoms with E-state index in [2.05, 4.69) is 42.9 Å². The maximum Gasteiger partial charge on any atom is 0.0190 e. The zero-order chi connectivity index (χ0) is 13.0. The Morgan fingerprint density at radius 3 is 2.28 bits per heavy atom. The third-order valence-corrected chi connectivity index (χ3v) is 5.97. The summed E-state index contributed by atoms with van der Waals surface area (Å²) in [6.45, 7) is 8.61. The van der Waals surface area contributed by atoms with Gasteiger partial charge < -0.3 is 10.2 Å². The molecule has 0 radical (unpaired) electrons. The van der Waals surface area contributed by atoms with E-state index in [4.69, 9.17) is 0 Å². The first kappa shape index (κ1) is 14.7. The van der Waals surface area contributed by atoms with Gasteiger partial charge in [-0.15, -0.1) is 0 Å². The fourth-order valence-electron chi connectivity index (χ4n) is 3.69. The molecule has 0 spiro atoms. The van der Waals surface area contributed by atoms with Gasteiger partial charge in [-0.1, -0.05) is 33.1 Å². The van der Waals surface area contributed by atoms with Crippen LogP contribution in [0.2, 0.25) is 0 Å². The Labute approximate surface area is 117 Å². The largest absolute Gasteiger partial charge is 0.314 e. The second kappa shape index (κ2) is 6.62. The zero-order valence-electron chi connectivity index (χ0n) is 12.4. The van der Waals surface area contributed by atoms with Gasteiger partial charge in [0.2, 0.25) is 0 Å². The topological polar surface area (TPSA) is 15.3 Å². The molecule has 2 nitrogen and oxygen atoms in total. The molecule has 1 saturated carbocycles. The summed E-state index contributed by atoms with van der Waals surface area (Å²) in [5.74, 6) is 0. The van der Waals surface area contributed by atoms with Crippen LogP contribution in [0.1, 0.15) is 52.4 Å². The van der Waals surface area contributed by atoms with Gasteiger partial charge in [0.15, 0.2) is 0 Å². The van der Waals surface area contributed by atoms with Gasteiger partial charge in [-0.2, -0.15) is 11.8 Å². The average molecular weight is 270 g/mol. The van der Waals surface area contributed by atoms with Crippen molar-refractivity contribution in [3.8, 4) is 0 Å².